The molecule has 1 aromatic rings. The summed E-state index contributed by atoms with van der Waals surface area (Å²) in [6, 6.07) is 0.510. The van der Waals surface area contributed by atoms with Crippen molar-refractivity contribution >= 4 is 17.4 Å². The molecule has 0 bridgehead atoms. The number of hydrogen-bond donors (Lipinski definition) is 1. The van der Waals surface area contributed by atoms with Gasteiger partial charge in [-0.15, -0.1) is 0 Å². The van der Waals surface area contributed by atoms with Gasteiger partial charge in [0.15, 0.2) is 0 Å². The van der Waals surface area contributed by atoms with Crippen LogP contribution in [0.4, 0.5) is 5.82 Å². The Morgan fingerprint density at radius 3 is 2.76 bits per heavy atom. The number of nitrogens with one attached hydrogen (secondary N) is 1. The second-order valence-electron chi connectivity index (χ2n) is 5.28. The van der Waals surface area contributed by atoms with Gasteiger partial charge in [-0.1, -0.05) is 25.4 Å². The van der Waals surface area contributed by atoms with Crippen molar-refractivity contribution in [1.82, 2.24) is 9.97 Å². The Kier molecular flexibility index (Phi) is 3.87. The van der Waals surface area contributed by atoms with E-state index in [1.165, 1.54) is 25.6 Å². The van der Waals surface area contributed by atoms with Gasteiger partial charge in [0.05, 0.1) is 0 Å². The van der Waals surface area contributed by atoms with E-state index in [1.54, 1.807) is 0 Å². The Morgan fingerprint density at radius 1 is 1.29 bits per heavy atom. The summed E-state index contributed by atoms with van der Waals surface area (Å²) in [5.74, 6) is 2.42. The lowest BCUT2D eigenvalue weighted by Gasteiger charge is -2.33. The molecule has 94 valence electrons. The van der Waals surface area contributed by atoms with Crippen LogP contribution in [0.25, 0.3) is 0 Å². The van der Waals surface area contributed by atoms with E-state index >= 15 is 0 Å². The van der Waals surface area contributed by atoms with Crippen LogP contribution in [0.5, 0.6) is 0 Å². The monoisotopic (exact) mass is 253 g/mol. The molecule has 1 aliphatic carbocycles. The first-order chi connectivity index (χ1) is 8.08. The molecule has 3 unspecified atom stereocenters. The second kappa shape index (κ2) is 5.21. The van der Waals surface area contributed by atoms with Crippen LogP contribution >= 0.6 is 11.6 Å². The van der Waals surface area contributed by atoms with Crippen molar-refractivity contribution in [3.05, 3.63) is 17.0 Å². The van der Waals surface area contributed by atoms with E-state index in [0.717, 1.165) is 17.3 Å². The molecule has 1 N–H and O–H groups in total. The Morgan fingerprint density at radius 2 is 2.06 bits per heavy atom. The molecule has 0 aliphatic heterocycles. The van der Waals surface area contributed by atoms with Crippen molar-refractivity contribution in [3.8, 4) is 0 Å². The summed E-state index contributed by atoms with van der Waals surface area (Å²) in [7, 11) is 0. The first-order valence-corrected chi connectivity index (χ1v) is 6.69. The van der Waals surface area contributed by atoms with Crippen LogP contribution in [0, 0.1) is 18.8 Å². The summed E-state index contributed by atoms with van der Waals surface area (Å²) >= 11 is 6.00. The lowest BCUT2D eigenvalue weighted by Crippen LogP contribution is -2.33. The van der Waals surface area contributed by atoms with Crippen LogP contribution in [0.15, 0.2) is 6.33 Å². The first-order valence-electron chi connectivity index (χ1n) is 6.31. The number of aromatic nitrogens is 2. The maximum absolute atomic E-state index is 6.00. The third-order valence-corrected chi connectivity index (χ3v) is 4.16. The van der Waals surface area contributed by atoms with E-state index in [9.17, 15) is 0 Å². The predicted octanol–water partition coefficient (Wildman–Crippen LogP) is 3.68. The van der Waals surface area contributed by atoms with Crippen molar-refractivity contribution in [2.24, 2.45) is 11.8 Å². The number of halogens is 1. The first kappa shape index (κ1) is 12.6. The second-order valence-corrected chi connectivity index (χ2v) is 5.64. The molecule has 3 atom stereocenters. The molecule has 0 saturated heterocycles. The summed E-state index contributed by atoms with van der Waals surface area (Å²) in [6.45, 7) is 6.60. The van der Waals surface area contributed by atoms with E-state index in [2.05, 4.69) is 29.1 Å². The SMILES string of the molecule is Cc1c(Cl)ncnc1NC1CCC(C)CC1C. The highest BCUT2D eigenvalue weighted by Gasteiger charge is 2.25. The predicted molar refractivity (Wildman–Crippen MR) is 71.4 cm³/mol. The smallest absolute Gasteiger partial charge is 0.137 e. The van der Waals surface area contributed by atoms with E-state index < -0.39 is 0 Å². The van der Waals surface area contributed by atoms with Crippen molar-refractivity contribution < 1.29 is 0 Å². The lowest BCUT2D eigenvalue weighted by atomic mass is 9.80. The summed E-state index contributed by atoms with van der Waals surface area (Å²) in [5, 5.41) is 4.07. The normalized spacial score (nSPS) is 29.1. The van der Waals surface area contributed by atoms with Gasteiger partial charge in [0.2, 0.25) is 0 Å². The third kappa shape index (κ3) is 2.89. The van der Waals surface area contributed by atoms with Crippen LogP contribution in [-0.4, -0.2) is 16.0 Å². The van der Waals surface area contributed by atoms with Crippen molar-refractivity contribution in [2.75, 3.05) is 5.32 Å². The summed E-state index contributed by atoms with van der Waals surface area (Å²) in [5.41, 5.74) is 0.944. The zero-order valence-electron chi connectivity index (χ0n) is 10.7. The standard InChI is InChI=1S/C13H20ClN3/c1-8-4-5-11(9(2)6-8)17-13-10(3)12(14)15-7-16-13/h7-9,11H,4-6H2,1-3H3,(H,15,16,17). The van der Waals surface area contributed by atoms with Gasteiger partial charge < -0.3 is 5.32 Å². The molecular formula is C13H20ClN3. The number of rotatable bonds is 2. The molecule has 17 heavy (non-hydrogen) atoms. The number of nitrogens with zero attached hydrogens (tertiary/aromatic N) is 2. The fraction of sp³-hybridized carbons (Fsp3) is 0.692. The van der Waals surface area contributed by atoms with Crippen LogP contribution in [0.3, 0.4) is 0 Å². The van der Waals surface area contributed by atoms with E-state index in [4.69, 9.17) is 11.6 Å². The van der Waals surface area contributed by atoms with Crippen molar-refractivity contribution in [3.63, 3.8) is 0 Å². The van der Waals surface area contributed by atoms with Crippen LogP contribution in [-0.2, 0) is 0 Å². The molecule has 0 spiro atoms. The molecule has 1 aliphatic rings. The molecular weight excluding hydrogens is 234 g/mol. The van der Waals surface area contributed by atoms with Gasteiger partial charge >= 0.3 is 0 Å². The maximum Gasteiger partial charge on any atom is 0.137 e. The summed E-state index contributed by atoms with van der Waals surface area (Å²) < 4.78 is 0. The molecule has 2 rings (SSSR count). The molecule has 1 aromatic heterocycles. The highest BCUT2D eigenvalue weighted by molar-refractivity contribution is 6.30. The topological polar surface area (TPSA) is 37.8 Å². The molecule has 4 heteroatoms. The average molecular weight is 254 g/mol. The van der Waals surface area contributed by atoms with E-state index in [0.29, 0.717) is 17.1 Å². The Labute approximate surface area is 108 Å². The van der Waals surface area contributed by atoms with Gasteiger partial charge in [-0.2, -0.15) is 0 Å². The quantitative estimate of drug-likeness (QED) is 0.818. The number of hydrogen-bond acceptors (Lipinski definition) is 3. The maximum atomic E-state index is 6.00. The zero-order chi connectivity index (χ0) is 12.4. The van der Waals surface area contributed by atoms with Crippen LogP contribution in [0.2, 0.25) is 5.15 Å². The lowest BCUT2D eigenvalue weighted by molar-refractivity contribution is 0.276. The minimum absolute atomic E-state index is 0.510. The third-order valence-electron chi connectivity index (χ3n) is 3.78. The van der Waals surface area contributed by atoms with Crippen LogP contribution < -0.4 is 5.32 Å². The fourth-order valence-corrected chi connectivity index (χ4v) is 2.76. The summed E-state index contributed by atoms with van der Waals surface area (Å²) in [4.78, 5) is 8.26. The van der Waals surface area contributed by atoms with Crippen molar-refractivity contribution in [2.45, 2.75) is 46.1 Å². The number of anilines is 1. The van der Waals surface area contributed by atoms with E-state index in [-0.39, 0.29) is 0 Å². The Bertz CT molecular complexity index is 394. The Balaban J connectivity index is 2.08. The van der Waals surface area contributed by atoms with Crippen molar-refractivity contribution in [1.29, 1.82) is 0 Å². The molecule has 1 heterocycles. The molecule has 1 fully saturated rings. The van der Waals surface area contributed by atoms with Gasteiger partial charge in [-0.3, -0.25) is 0 Å². The Hall–Kier alpha value is -0.830. The van der Waals surface area contributed by atoms with Gasteiger partial charge in [-0.05, 0) is 38.0 Å². The van der Waals surface area contributed by atoms with Gasteiger partial charge in [0.1, 0.15) is 17.3 Å². The molecule has 0 amide bonds. The van der Waals surface area contributed by atoms with E-state index in [1.807, 2.05) is 6.92 Å². The molecule has 3 nitrogen and oxygen atoms in total. The molecule has 0 aromatic carbocycles. The van der Waals surface area contributed by atoms with Gasteiger partial charge in [0, 0.05) is 11.6 Å². The summed E-state index contributed by atoms with van der Waals surface area (Å²) in [6.07, 6.45) is 5.31. The highest BCUT2D eigenvalue weighted by Crippen LogP contribution is 2.31. The minimum atomic E-state index is 0.510. The molecule has 0 radical (unpaired) electrons. The van der Waals surface area contributed by atoms with Gasteiger partial charge in [-0.25, -0.2) is 9.97 Å². The largest absolute Gasteiger partial charge is 0.367 e. The van der Waals surface area contributed by atoms with Gasteiger partial charge in [0.25, 0.3) is 0 Å². The highest BCUT2D eigenvalue weighted by atomic mass is 35.5. The minimum Gasteiger partial charge on any atom is -0.367 e. The zero-order valence-corrected chi connectivity index (χ0v) is 11.5. The molecule has 1 saturated carbocycles. The fourth-order valence-electron chi connectivity index (χ4n) is 2.63. The average Bonchev–Trinajstić information content (AvgIpc) is 2.28. The van der Waals surface area contributed by atoms with Crippen LogP contribution in [0.1, 0.15) is 38.7 Å².